The number of benzene rings is 2. The first-order valence-electron chi connectivity index (χ1n) is 8.67. The van der Waals surface area contributed by atoms with E-state index < -0.39 is 0 Å². The number of halogens is 1. The Bertz CT molecular complexity index is 851. The molecule has 6 nitrogen and oxygen atoms in total. The Morgan fingerprint density at radius 1 is 1.11 bits per heavy atom. The van der Waals surface area contributed by atoms with E-state index in [0.717, 1.165) is 11.1 Å². The van der Waals surface area contributed by atoms with Gasteiger partial charge in [0, 0.05) is 23.6 Å². The molecule has 27 heavy (non-hydrogen) atoms. The standard InChI is InChI=1S/C20H20ClN3O3/c1-13(15-3-2-4-16(21)11-15)22-20(27)23-17-7-5-14(6-8-17)12-24-18(25)9-10-19(24)26/h2-8,11,13H,9-10,12H2,1H3,(H2,22,23,27)/t13-/m1/s1. The molecule has 0 aliphatic carbocycles. The summed E-state index contributed by atoms with van der Waals surface area (Å²) in [6.07, 6.45) is 0.562. The maximum absolute atomic E-state index is 12.2. The fourth-order valence-electron chi connectivity index (χ4n) is 2.90. The lowest BCUT2D eigenvalue weighted by Crippen LogP contribution is -2.31. The summed E-state index contributed by atoms with van der Waals surface area (Å²) in [5.74, 6) is -0.284. The molecule has 4 amide bonds. The second-order valence-corrected chi connectivity index (χ2v) is 6.88. The normalized spacial score (nSPS) is 15.0. The summed E-state index contributed by atoms with van der Waals surface area (Å²) in [4.78, 5) is 36.8. The molecule has 2 aromatic carbocycles. The fourth-order valence-corrected chi connectivity index (χ4v) is 3.10. The zero-order chi connectivity index (χ0) is 19.4. The molecule has 0 aromatic heterocycles. The van der Waals surface area contributed by atoms with Gasteiger partial charge < -0.3 is 10.6 Å². The van der Waals surface area contributed by atoms with Crippen LogP contribution in [0.5, 0.6) is 0 Å². The van der Waals surface area contributed by atoms with Crippen molar-refractivity contribution in [1.82, 2.24) is 10.2 Å². The number of urea groups is 1. The van der Waals surface area contributed by atoms with Crippen LogP contribution in [0.1, 0.15) is 36.9 Å². The second kappa shape index (κ2) is 8.22. The van der Waals surface area contributed by atoms with Gasteiger partial charge in [0.05, 0.1) is 12.6 Å². The van der Waals surface area contributed by atoms with Crippen molar-refractivity contribution in [1.29, 1.82) is 0 Å². The third-order valence-electron chi connectivity index (χ3n) is 4.40. The molecule has 0 unspecified atom stereocenters. The number of hydrogen-bond donors (Lipinski definition) is 2. The van der Waals surface area contributed by atoms with Crippen LogP contribution in [0.2, 0.25) is 5.02 Å². The third-order valence-corrected chi connectivity index (χ3v) is 4.64. The SMILES string of the molecule is C[C@@H](NC(=O)Nc1ccc(CN2C(=O)CCC2=O)cc1)c1cccc(Cl)c1. The molecule has 1 aliphatic heterocycles. The highest BCUT2D eigenvalue weighted by Crippen LogP contribution is 2.19. The average molecular weight is 386 g/mol. The molecule has 3 rings (SSSR count). The molecule has 1 fully saturated rings. The van der Waals surface area contributed by atoms with Crippen molar-refractivity contribution < 1.29 is 14.4 Å². The van der Waals surface area contributed by atoms with Gasteiger partial charge in [0.25, 0.3) is 0 Å². The molecule has 0 saturated carbocycles. The molecule has 1 saturated heterocycles. The van der Waals surface area contributed by atoms with E-state index in [9.17, 15) is 14.4 Å². The number of imide groups is 1. The maximum atomic E-state index is 12.2. The molecule has 0 spiro atoms. The number of anilines is 1. The Labute approximate surface area is 162 Å². The molecule has 0 radical (unpaired) electrons. The van der Waals surface area contributed by atoms with E-state index in [1.807, 2.05) is 25.1 Å². The third kappa shape index (κ3) is 4.86. The van der Waals surface area contributed by atoms with Gasteiger partial charge in [-0.1, -0.05) is 35.9 Å². The highest BCUT2D eigenvalue weighted by atomic mass is 35.5. The number of nitrogens with one attached hydrogen (secondary N) is 2. The molecule has 2 N–H and O–H groups in total. The number of nitrogens with zero attached hydrogens (tertiary/aromatic N) is 1. The first-order valence-corrected chi connectivity index (χ1v) is 9.05. The van der Waals surface area contributed by atoms with Crippen molar-refractivity contribution in [2.75, 3.05) is 5.32 Å². The highest BCUT2D eigenvalue weighted by Gasteiger charge is 2.28. The van der Waals surface area contributed by atoms with Crippen LogP contribution >= 0.6 is 11.6 Å². The molecular formula is C20H20ClN3O3. The molecule has 0 bridgehead atoms. The van der Waals surface area contributed by atoms with E-state index in [1.165, 1.54) is 4.90 Å². The van der Waals surface area contributed by atoms with Crippen molar-refractivity contribution in [3.8, 4) is 0 Å². The summed E-state index contributed by atoms with van der Waals surface area (Å²) in [7, 11) is 0. The summed E-state index contributed by atoms with van der Waals surface area (Å²) in [5.41, 5.74) is 2.36. The number of likely N-dealkylation sites (tertiary alicyclic amines) is 1. The maximum Gasteiger partial charge on any atom is 0.319 e. The van der Waals surface area contributed by atoms with Crippen LogP contribution in [0.4, 0.5) is 10.5 Å². The van der Waals surface area contributed by atoms with E-state index in [0.29, 0.717) is 10.7 Å². The van der Waals surface area contributed by atoms with E-state index >= 15 is 0 Å². The van der Waals surface area contributed by atoms with Crippen LogP contribution in [0, 0.1) is 0 Å². The predicted octanol–water partition coefficient (Wildman–Crippen LogP) is 3.87. The zero-order valence-electron chi connectivity index (χ0n) is 14.9. The van der Waals surface area contributed by atoms with Gasteiger partial charge in [0.1, 0.15) is 0 Å². The van der Waals surface area contributed by atoms with Crippen molar-refractivity contribution >= 4 is 35.1 Å². The summed E-state index contributed by atoms with van der Waals surface area (Å²) < 4.78 is 0. The van der Waals surface area contributed by atoms with E-state index in [2.05, 4.69) is 10.6 Å². The molecule has 140 valence electrons. The van der Waals surface area contributed by atoms with E-state index in [4.69, 9.17) is 11.6 Å². The highest BCUT2D eigenvalue weighted by molar-refractivity contribution is 6.30. The van der Waals surface area contributed by atoms with Gasteiger partial charge in [-0.15, -0.1) is 0 Å². The summed E-state index contributed by atoms with van der Waals surface area (Å²) in [5, 5.41) is 6.23. The van der Waals surface area contributed by atoms with Crippen LogP contribution in [0.3, 0.4) is 0 Å². The number of carbonyl (C=O) groups is 3. The van der Waals surface area contributed by atoms with Crippen molar-refractivity contribution in [2.45, 2.75) is 32.4 Å². The number of hydrogen-bond acceptors (Lipinski definition) is 3. The van der Waals surface area contributed by atoms with Crippen LogP contribution in [0.25, 0.3) is 0 Å². The lowest BCUT2D eigenvalue weighted by atomic mass is 10.1. The molecule has 7 heteroatoms. The Morgan fingerprint density at radius 3 is 2.41 bits per heavy atom. The number of carbonyl (C=O) groups excluding carboxylic acids is 3. The van der Waals surface area contributed by atoms with Gasteiger partial charge in [-0.25, -0.2) is 4.79 Å². The minimum atomic E-state index is -0.333. The summed E-state index contributed by atoms with van der Waals surface area (Å²) in [6, 6.07) is 13.8. The fraction of sp³-hybridized carbons (Fsp3) is 0.250. The van der Waals surface area contributed by atoms with Crippen molar-refractivity contribution in [3.63, 3.8) is 0 Å². The van der Waals surface area contributed by atoms with E-state index in [1.54, 1.807) is 30.3 Å². The predicted molar refractivity (Wildman–Crippen MR) is 103 cm³/mol. The molecule has 1 heterocycles. The molecular weight excluding hydrogens is 366 g/mol. The van der Waals surface area contributed by atoms with Crippen molar-refractivity contribution in [2.24, 2.45) is 0 Å². The Hall–Kier alpha value is -2.86. The van der Waals surface area contributed by atoms with Crippen LogP contribution < -0.4 is 10.6 Å². The Kier molecular flexibility index (Phi) is 5.76. The summed E-state index contributed by atoms with van der Waals surface area (Å²) >= 11 is 5.98. The number of amides is 4. The Morgan fingerprint density at radius 2 is 1.78 bits per heavy atom. The zero-order valence-corrected chi connectivity index (χ0v) is 15.6. The summed E-state index contributed by atoms with van der Waals surface area (Å²) in [6.45, 7) is 2.13. The van der Waals surface area contributed by atoms with Crippen LogP contribution in [-0.4, -0.2) is 22.7 Å². The first kappa shape index (κ1) is 18.9. The quantitative estimate of drug-likeness (QED) is 0.767. The lowest BCUT2D eigenvalue weighted by Gasteiger charge is -2.16. The average Bonchev–Trinajstić information content (AvgIpc) is 2.95. The van der Waals surface area contributed by atoms with Gasteiger partial charge >= 0.3 is 6.03 Å². The van der Waals surface area contributed by atoms with Crippen LogP contribution in [0.15, 0.2) is 48.5 Å². The largest absolute Gasteiger partial charge is 0.331 e. The monoisotopic (exact) mass is 385 g/mol. The van der Waals surface area contributed by atoms with Crippen LogP contribution in [-0.2, 0) is 16.1 Å². The lowest BCUT2D eigenvalue weighted by molar-refractivity contribution is -0.139. The van der Waals surface area contributed by atoms with Gasteiger partial charge in [0.2, 0.25) is 11.8 Å². The van der Waals surface area contributed by atoms with Gasteiger partial charge in [-0.3, -0.25) is 14.5 Å². The van der Waals surface area contributed by atoms with Crippen molar-refractivity contribution in [3.05, 3.63) is 64.7 Å². The van der Waals surface area contributed by atoms with E-state index in [-0.39, 0.29) is 43.3 Å². The molecule has 1 aliphatic rings. The number of rotatable bonds is 5. The minimum absolute atomic E-state index is 0.142. The van der Waals surface area contributed by atoms with Gasteiger partial charge in [-0.2, -0.15) is 0 Å². The van der Waals surface area contributed by atoms with Gasteiger partial charge in [-0.05, 0) is 42.3 Å². The minimum Gasteiger partial charge on any atom is -0.331 e. The second-order valence-electron chi connectivity index (χ2n) is 6.45. The molecule has 1 atom stereocenters. The first-order chi connectivity index (χ1) is 12.9. The molecule has 2 aromatic rings. The topological polar surface area (TPSA) is 78.5 Å². The smallest absolute Gasteiger partial charge is 0.319 e. The Balaban J connectivity index is 1.55. The van der Waals surface area contributed by atoms with Gasteiger partial charge in [0.15, 0.2) is 0 Å².